The van der Waals surface area contributed by atoms with Gasteiger partial charge < -0.3 is 19.9 Å². The first kappa shape index (κ1) is 22.1. The molecule has 1 saturated carbocycles. The Balaban J connectivity index is 1.43. The molecule has 5 rings (SSSR count). The van der Waals surface area contributed by atoms with Crippen LogP contribution in [0.25, 0.3) is 27.9 Å². The molecule has 11 nitrogen and oxygen atoms in total. The van der Waals surface area contributed by atoms with Gasteiger partial charge in [0.1, 0.15) is 23.8 Å². The summed E-state index contributed by atoms with van der Waals surface area (Å²) in [5.41, 5.74) is 2.59. The molecule has 33 heavy (non-hydrogen) atoms. The van der Waals surface area contributed by atoms with Gasteiger partial charge in [0.2, 0.25) is 0 Å². The predicted octanol–water partition coefficient (Wildman–Crippen LogP) is 1.54. The Kier molecular flexibility index (Phi) is 5.51. The zero-order chi connectivity index (χ0) is 23.3. The number of aliphatic hydroxyl groups is 2. The van der Waals surface area contributed by atoms with Crippen LogP contribution < -0.4 is 10.5 Å². The van der Waals surface area contributed by atoms with Gasteiger partial charge in [-0.05, 0) is 30.7 Å². The molecule has 0 unspecified atom stereocenters. The molecule has 0 aliphatic heterocycles. The fraction of sp³-hybridized carbons (Fsp3) is 0.300. The molecule has 0 spiro atoms. The number of benzene rings is 1. The molecular formula is C20H20ClN5O6S. The van der Waals surface area contributed by atoms with Gasteiger partial charge in [0.05, 0.1) is 24.4 Å². The zero-order valence-electron chi connectivity index (χ0n) is 17.0. The number of anilines is 1. The van der Waals surface area contributed by atoms with Gasteiger partial charge >= 0.3 is 10.3 Å². The van der Waals surface area contributed by atoms with Crippen LogP contribution >= 0.6 is 11.6 Å². The number of rotatable bonds is 6. The van der Waals surface area contributed by atoms with Crippen LogP contribution in [0, 0.1) is 5.92 Å². The van der Waals surface area contributed by atoms with Gasteiger partial charge in [-0.25, -0.2) is 10.1 Å². The van der Waals surface area contributed by atoms with E-state index in [4.69, 9.17) is 21.2 Å². The SMILES string of the molecule is NS(=O)(=O)OC[C@H]1C[C@@H](Nc2ccnc3cc(-c4coc5ccc(Cl)cc45)nn23)[C@H](O)[C@@H]1O. The fourth-order valence-corrected chi connectivity index (χ4v) is 4.68. The van der Waals surface area contributed by atoms with Gasteiger partial charge in [0.15, 0.2) is 5.65 Å². The van der Waals surface area contributed by atoms with E-state index in [-0.39, 0.29) is 13.0 Å². The lowest BCUT2D eigenvalue weighted by molar-refractivity contribution is 0.00777. The lowest BCUT2D eigenvalue weighted by atomic mass is 10.1. The molecule has 4 aromatic rings. The van der Waals surface area contributed by atoms with Crippen LogP contribution in [0.3, 0.4) is 0 Å². The summed E-state index contributed by atoms with van der Waals surface area (Å²) in [5, 5.41) is 34.8. The van der Waals surface area contributed by atoms with Crippen molar-refractivity contribution < 1.29 is 27.2 Å². The van der Waals surface area contributed by atoms with Crippen molar-refractivity contribution in [1.82, 2.24) is 14.6 Å². The van der Waals surface area contributed by atoms with Crippen molar-refractivity contribution in [3.8, 4) is 11.3 Å². The Bertz CT molecular complexity index is 1440. The maximum absolute atomic E-state index is 11.1. The number of furan rings is 1. The molecule has 5 N–H and O–H groups in total. The Labute approximate surface area is 193 Å². The van der Waals surface area contributed by atoms with Crippen LogP contribution in [0.15, 0.2) is 47.2 Å². The molecule has 0 radical (unpaired) electrons. The van der Waals surface area contributed by atoms with Crippen LogP contribution in [0.1, 0.15) is 6.42 Å². The van der Waals surface area contributed by atoms with Crippen molar-refractivity contribution in [3.63, 3.8) is 0 Å². The molecule has 0 saturated heterocycles. The third-order valence-corrected chi connectivity index (χ3v) is 6.45. The molecule has 3 heterocycles. The number of nitrogens with one attached hydrogen (secondary N) is 1. The molecule has 1 fully saturated rings. The molecule has 0 amide bonds. The maximum atomic E-state index is 11.1. The van der Waals surface area contributed by atoms with E-state index in [2.05, 4.69) is 19.6 Å². The number of nitrogens with two attached hydrogens (primary N) is 1. The van der Waals surface area contributed by atoms with Crippen LogP contribution in [0.5, 0.6) is 0 Å². The molecule has 0 bridgehead atoms. The summed E-state index contributed by atoms with van der Waals surface area (Å²) in [6, 6.07) is 8.21. The van der Waals surface area contributed by atoms with Gasteiger partial charge in [0.25, 0.3) is 0 Å². The maximum Gasteiger partial charge on any atom is 0.333 e. The summed E-state index contributed by atoms with van der Waals surface area (Å²) < 4.78 is 33.9. The molecule has 1 aliphatic carbocycles. The number of aliphatic hydroxyl groups excluding tert-OH is 2. The van der Waals surface area contributed by atoms with Gasteiger partial charge in [-0.3, -0.25) is 4.18 Å². The smallest absolute Gasteiger partial charge is 0.333 e. The lowest BCUT2D eigenvalue weighted by Gasteiger charge is -2.19. The number of fused-ring (bicyclic) bond motifs is 2. The molecule has 13 heteroatoms. The number of hydrogen-bond donors (Lipinski definition) is 4. The third-order valence-electron chi connectivity index (χ3n) is 5.75. The standard InChI is InChI=1S/C20H20ClN5O6S/c21-11-1-2-16-12(6-11)13(9-31-16)14-7-18-23-4-3-17(26(18)25-14)24-15-5-10(19(27)20(15)28)8-32-33(22,29)30/h1-4,6-7,9-10,15,19-20,24,27-28H,5,8H2,(H2,22,29,30)/t10-,15-,19-,20+/m1/s1. The number of aromatic nitrogens is 3. The minimum atomic E-state index is -4.15. The fourth-order valence-electron chi connectivity index (χ4n) is 4.14. The van der Waals surface area contributed by atoms with E-state index in [0.29, 0.717) is 27.8 Å². The molecule has 1 aliphatic rings. The highest BCUT2D eigenvalue weighted by Gasteiger charge is 2.42. The molecule has 4 atom stereocenters. The second-order valence-electron chi connectivity index (χ2n) is 7.92. The summed E-state index contributed by atoms with van der Waals surface area (Å²) >= 11 is 6.14. The van der Waals surface area contributed by atoms with E-state index >= 15 is 0 Å². The summed E-state index contributed by atoms with van der Waals surface area (Å²) in [6.45, 7) is -0.330. The monoisotopic (exact) mass is 493 g/mol. The van der Waals surface area contributed by atoms with E-state index in [0.717, 1.165) is 10.9 Å². The second kappa shape index (κ2) is 8.24. The first-order valence-corrected chi connectivity index (χ1v) is 11.9. The zero-order valence-corrected chi connectivity index (χ0v) is 18.6. The van der Waals surface area contributed by atoms with Crippen LogP contribution in [-0.4, -0.2) is 58.1 Å². The minimum absolute atomic E-state index is 0.251. The van der Waals surface area contributed by atoms with E-state index in [9.17, 15) is 18.6 Å². The third kappa shape index (κ3) is 4.28. The first-order valence-electron chi connectivity index (χ1n) is 10.0. The Morgan fingerprint density at radius 2 is 2.09 bits per heavy atom. The van der Waals surface area contributed by atoms with Crippen LogP contribution in [0.2, 0.25) is 5.02 Å². The normalized spacial score (nSPS) is 23.5. The van der Waals surface area contributed by atoms with Crippen molar-refractivity contribution in [2.45, 2.75) is 24.7 Å². The Morgan fingerprint density at radius 1 is 1.27 bits per heavy atom. The predicted molar refractivity (Wildman–Crippen MR) is 120 cm³/mol. The highest BCUT2D eigenvalue weighted by atomic mass is 35.5. The highest BCUT2D eigenvalue weighted by Crippen LogP contribution is 2.33. The summed E-state index contributed by atoms with van der Waals surface area (Å²) in [6.07, 6.45) is 1.10. The van der Waals surface area contributed by atoms with Crippen molar-refractivity contribution in [1.29, 1.82) is 0 Å². The molecule has 174 valence electrons. The highest BCUT2D eigenvalue weighted by molar-refractivity contribution is 7.84. The van der Waals surface area contributed by atoms with Crippen molar-refractivity contribution in [2.24, 2.45) is 11.1 Å². The summed E-state index contributed by atoms with van der Waals surface area (Å²) in [7, 11) is -4.15. The van der Waals surface area contributed by atoms with Gasteiger partial charge in [-0.1, -0.05) is 11.6 Å². The minimum Gasteiger partial charge on any atom is -0.464 e. The summed E-state index contributed by atoms with van der Waals surface area (Å²) in [5.74, 6) is -0.0928. The average molecular weight is 494 g/mol. The van der Waals surface area contributed by atoms with E-state index in [1.807, 2.05) is 0 Å². The quantitative estimate of drug-likeness (QED) is 0.311. The van der Waals surface area contributed by atoms with E-state index < -0.39 is 34.5 Å². The molecule has 3 aromatic heterocycles. The average Bonchev–Trinajstić information content (AvgIpc) is 3.44. The Hall–Kier alpha value is -2.74. The molecule has 1 aromatic carbocycles. The van der Waals surface area contributed by atoms with Gasteiger partial charge in [-0.15, -0.1) is 0 Å². The number of nitrogens with zero attached hydrogens (tertiary/aromatic N) is 3. The lowest BCUT2D eigenvalue weighted by Crippen LogP contribution is -2.36. The van der Waals surface area contributed by atoms with Gasteiger partial charge in [0, 0.05) is 34.2 Å². The largest absolute Gasteiger partial charge is 0.464 e. The molecular weight excluding hydrogens is 474 g/mol. The number of hydrogen-bond acceptors (Lipinski definition) is 9. The van der Waals surface area contributed by atoms with Crippen molar-refractivity contribution in [3.05, 3.63) is 47.8 Å². The topological polar surface area (TPSA) is 165 Å². The van der Waals surface area contributed by atoms with Crippen molar-refractivity contribution in [2.75, 3.05) is 11.9 Å². The van der Waals surface area contributed by atoms with Gasteiger partial charge in [-0.2, -0.15) is 18.0 Å². The van der Waals surface area contributed by atoms with Crippen LogP contribution in [0.4, 0.5) is 5.82 Å². The Morgan fingerprint density at radius 3 is 2.88 bits per heavy atom. The first-order chi connectivity index (χ1) is 15.7. The van der Waals surface area contributed by atoms with Crippen LogP contribution in [-0.2, 0) is 14.5 Å². The second-order valence-corrected chi connectivity index (χ2v) is 9.58. The number of halogens is 1. The van der Waals surface area contributed by atoms with Crippen molar-refractivity contribution >= 4 is 44.3 Å². The summed E-state index contributed by atoms with van der Waals surface area (Å²) in [4.78, 5) is 4.34. The van der Waals surface area contributed by atoms with E-state index in [1.165, 1.54) is 0 Å². The van der Waals surface area contributed by atoms with E-state index in [1.54, 1.807) is 47.3 Å².